The van der Waals surface area contributed by atoms with Crippen molar-refractivity contribution in [3.05, 3.63) is 28.2 Å². The molecule has 1 aromatic rings. The number of anilines is 1. The highest BCUT2D eigenvalue weighted by atomic mass is 79.9. The van der Waals surface area contributed by atoms with Gasteiger partial charge >= 0.3 is 0 Å². The average molecular weight is 300 g/mol. The Bertz CT molecular complexity index is 448. The normalized spacial score (nSPS) is 11.9. The van der Waals surface area contributed by atoms with Gasteiger partial charge in [0.05, 0.1) is 10.0 Å². The zero-order chi connectivity index (χ0) is 13.0. The minimum atomic E-state index is -0.454. The zero-order valence-corrected chi connectivity index (χ0v) is 11.0. The van der Waals surface area contributed by atoms with Gasteiger partial charge in [-0.05, 0) is 35.0 Å². The lowest BCUT2D eigenvalue weighted by molar-refractivity contribution is -0.118. The highest BCUT2D eigenvalue weighted by Gasteiger charge is 2.15. The Morgan fingerprint density at radius 3 is 2.71 bits per heavy atom. The molecule has 5 N–H and O–H groups in total. The van der Waals surface area contributed by atoms with Gasteiger partial charge in [-0.1, -0.05) is 6.07 Å². The van der Waals surface area contributed by atoms with Crippen LogP contribution in [0.25, 0.3) is 0 Å². The largest absolute Gasteiger partial charge is 0.398 e. The molecule has 0 bridgehead atoms. The molecule has 0 aliphatic carbocycles. The van der Waals surface area contributed by atoms with E-state index < -0.39 is 5.91 Å². The molecular formula is C11H14BrN3O2. The SMILES string of the molecule is CC(CC(N)=O)NC(=O)c1cccc(N)c1Br. The van der Waals surface area contributed by atoms with E-state index in [1.165, 1.54) is 0 Å². The fourth-order valence-electron chi connectivity index (χ4n) is 1.38. The Morgan fingerprint density at radius 1 is 1.47 bits per heavy atom. The second-order valence-corrected chi connectivity index (χ2v) is 4.55. The van der Waals surface area contributed by atoms with Crippen molar-refractivity contribution in [2.45, 2.75) is 19.4 Å². The maximum atomic E-state index is 11.9. The van der Waals surface area contributed by atoms with Crippen LogP contribution in [0.3, 0.4) is 0 Å². The highest BCUT2D eigenvalue weighted by molar-refractivity contribution is 9.10. The van der Waals surface area contributed by atoms with Crippen LogP contribution in [0.15, 0.2) is 22.7 Å². The molecule has 1 rings (SSSR count). The molecule has 0 aromatic heterocycles. The summed E-state index contributed by atoms with van der Waals surface area (Å²) in [4.78, 5) is 22.6. The molecule has 92 valence electrons. The molecule has 2 amide bonds. The number of hydrogen-bond acceptors (Lipinski definition) is 3. The molecule has 0 aliphatic heterocycles. The van der Waals surface area contributed by atoms with Crippen molar-refractivity contribution in [3.63, 3.8) is 0 Å². The number of benzene rings is 1. The van der Waals surface area contributed by atoms with Gasteiger partial charge in [0.15, 0.2) is 0 Å². The third-order valence-corrected chi connectivity index (χ3v) is 3.04. The van der Waals surface area contributed by atoms with Crippen LogP contribution >= 0.6 is 15.9 Å². The Labute approximate surface area is 108 Å². The predicted molar refractivity (Wildman–Crippen MR) is 69.3 cm³/mol. The fraction of sp³-hybridized carbons (Fsp3) is 0.273. The molecule has 6 heteroatoms. The van der Waals surface area contributed by atoms with Crippen LogP contribution in [0.1, 0.15) is 23.7 Å². The van der Waals surface area contributed by atoms with Gasteiger partial charge in [0.1, 0.15) is 0 Å². The second-order valence-electron chi connectivity index (χ2n) is 3.75. The van der Waals surface area contributed by atoms with E-state index in [4.69, 9.17) is 11.5 Å². The molecule has 1 aromatic carbocycles. The third-order valence-electron chi connectivity index (χ3n) is 2.16. The minimum Gasteiger partial charge on any atom is -0.398 e. The molecule has 0 radical (unpaired) electrons. The molecule has 0 saturated heterocycles. The predicted octanol–water partition coefficient (Wildman–Crippen LogP) is 1.02. The third kappa shape index (κ3) is 3.74. The van der Waals surface area contributed by atoms with Crippen molar-refractivity contribution in [2.24, 2.45) is 5.73 Å². The van der Waals surface area contributed by atoms with E-state index in [2.05, 4.69) is 21.2 Å². The molecule has 1 unspecified atom stereocenters. The number of carbonyl (C=O) groups excluding carboxylic acids is 2. The number of nitrogens with two attached hydrogens (primary N) is 2. The van der Waals surface area contributed by atoms with Crippen LogP contribution in [0.4, 0.5) is 5.69 Å². The summed E-state index contributed by atoms with van der Waals surface area (Å²) < 4.78 is 0.545. The van der Waals surface area contributed by atoms with Crippen molar-refractivity contribution in [1.82, 2.24) is 5.32 Å². The molecule has 5 nitrogen and oxygen atoms in total. The van der Waals surface area contributed by atoms with E-state index >= 15 is 0 Å². The number of halogens is 1. The first-order valence-electron chi connectivity index (χ1n) is 5.05. The molecule has 1 atom stereocenters. The smallest absolute Gasteiger partial charge is 0.252 e. The number of primary amides is 1. The number of amides is 2. The Hall–Kier alpha value is -1.56. The first-order valence-corrected chi connectivity index (χ1v) is 5.84. The standard InChI is InChI=1S/C11H14BrN3O2/c1-6(5-9(14)16)15-11(17)7-3-2-4-8(13)10(7)12/h2-4,6H,5,13H2,1H3,(H2,14,16)(H,15,17). The van der Waals surface area contributed by atoms with Crippen LogP contribution in [0.2, 0.25) is 0 Å². The van der Waals surface area contributed by atoms with Crippen molar-refractivity contribution >= 4 is 33.4 Å². The molecule has 0 aliphatic rings. The lowest BCUT2D eigenvalue weighted by Crippen LogP contribution is -2.35. The quantitative estimate of drug-likeness (QED) is 0.724. The average Bonchev–Trinajstić information content (AvgIpc) is 2.20. The summed E-state index contributed by atoms with van der Waals surface area (Å²) in [6, 6.07) is 4.71. The van der Waals surface area contributed by atoms with Crippen LogP contribution < -0.4 is 16.8 Å². The summed E-state index contributed by atoms with van der Waals surface area (Å²) in [5.41, 5.74) is 11.6. The number of rotatable bonds is 4. The minimum absolute atomic E-state index is 0.103. The molecule has 0 spiro atoms. The summed E-state index contributed by atoms with van der Waals surface area (Å²) in [5.74, 6) is -0.748. The molecule has 17 heavy (non-hydrogen) atoms. The van der Waals surface area contributed by atoms with E-state index in [0.29, 0.717) is 15.7 Å². The fourth-order valence-corrected chi connectivity index (χ4v) is 1.82. The van der Waals surface area contributed by atoms with E-state index in [1.54, 1.807) is 25.1 Å². The lowest BCUT2D eigenvalue weighted by atomic mass is 10.1. The van der Waals surface area contributed by atoms with Crippen molar-refractivity contribution in [2.75, 3.05) is 5.73 Å². The van der Waals surface area contributed by atoms with Gasteiger partial charge in [0, 0.05) is 18.2 Å². The van der Waals surface area contributed by atoms with Gasteiger partial charge in [-0.3, -0.25) is 9.59 Å². The van der Waals surface area contributed by atoms with Crippen molar-refractivity contribution < 1.29 is 9.59 Å². The first-order chi connectivity index (χ1) is 7.91. The molecule has 0 fully saturated rings. The van der Waals surface area contributed by atoms with E-state index in [-0.39, 0.29) is 18.4 Å². The Morgan fingerprint density at radius 2 is 2.12 bits per heavy atom. The lowest BCUT2D eigenvalue weighted by Gasteiger charge is -2.13. The summed E-state index contributed by atoms with van der Waals surface area (Å²) in [6.07, 6.45) is 0.103. The number of nitrogens with one attached hydrogen (secondary N) is 1. The van der Waals surface area contributed by atoms with Gasteiger partial charge in [0.2, 0.25) is 5.91 Å². The zero-order valence-electron chi connectivity index (χ0n) is 9.37. The summed E-state index contributed by atoms with van der Waals surface area (Å²) in [6.45, 7) is 1.71. The van der Waals surface area contributed by atoms with Crippen LogP contribution in [-0.4, -0.2) is 17.9 Å². The molecule has 0 heterocycles. The van der Waals surface area contributed by atoms with Crippen molar-refractivity contribution in [1.29, 1.82) is 0 Å². The van der Waals surface area contributed by atoms with Crippen LogP contribution in [0.5, 0.6) is 0 Å². The highest BCUT2D eigenvalue weighted by Crippen LogP contribution is 2.23. The van der Waals surface area contributed by atoms with Gasteiger partial charge in [-0.15, -0.1) is 0 Å². The second kappa shape index (κ2) is 5.67. The van der Waals surface area contributed by atoms with Gasteiger partial charge in [-0.25, -0.2) is 0 Å². The number of carbonyl (C=O) groups is 2. The van der Waals surface area contributed by atoms with Gasteiger partial charge in [0.25, 0.3) is 5.91 Å². The number of nitrogen functional groups attached to an aromatic ring is 1. The van der Waals surface area contributed by atoms with Crippen LogP contribution in [0, 0.1) is 0 Å². The topological polar surface area (TPSA) is 98.2 Å². The monoisotopic (exact) mass is 299 g/mol. The maximum Gasteiger partial charge on any atom is 0.252 e. The van der Waals surface area contributed by atoms with Gasteiger partial charge in [-0.2, -0.15) is 0 Å². The Balaban J connectivity index is 2.77. The summed E-state index contributed by atoms with van der Waals surface area (Å²) in [7, 11) is 0. The molecule has 0 saturated carbocycles. The van der Waals surface area contributed by atoms with E-state index in [0.717, 1.165) is 0 Å². The van der Waals surface area contributed by atoms with Crippen LogP contribution in [-0.2, 0) is 4.79 Å². The Kier molecular flexibility index (Phi) is 4.51. The van der Waals surface area contributed by atoms with Gasteiger partial charge < -0.3 is 16.8 Å². The maximum absolute atomic E-state index is 11.9. The summed E-state index contributed by atoms with van der Waals surface area (Å²) in [5, 5.41) is 2.67. The molecular weight excluding hydrogens is 286 g/mol. The summed E-state index contributed by atoms with van der Waals surface area (Å²) >= 11 is 3.24. The first kappa shape index (κ1) is 13.5. The van der Waals surface area contributed by atoms with Crippen molar-refractivity contribution in [3.8, 4) is 0 Å². The number of hydrogen-bond donors (Lipinski definition) is 3. The van der Waals surface area contributed by atoms with E-state index in [9.17, 15) is 9.59 Å². The van der Waals surface area contributed by atoms with E-state index in [1.807, 2.05) is 0 Å².